The third kappa shape index (κ3) is 3.20. The Morgan fingerprint density at radius 2 is 2.33 bits per heavy atom. The Morgan fingerprint density at radius 3 is 2.87 bits per heavy atom. The zero-order chi connectivity index (χ0) is 11.3. The van der Waals surface area contributed by atoms with Crippen LogP contribution in [0.3, 0.4) is 0 Å². The predicted octanol–water partition coefficient (Wildman–Crippen LogP) is 3.61. The van der Waals surface area contributed by atoms with E-state index in [1.165, 1.54) is 0 Å². The minimum atomic E-state index is 0.123. The number of carbonyl (C=O) groups is 1. The molecule has 80 valence electrons. The molecule has 0 aliphatic heterocycles. The van der Waals surface area contributed by atoms with E-state index >= 15 is 0 Å². The molecule has 15 heavy (non-hydrogen) atoms. The highest BCUT2D eigenvalue weighted by Gasteiger charge is 2.07. The van der Waals surface area contributed by atoms with Gasteiger partial charge in [-0.05, 0) is 40.5 Å². The topological polar surface area (TPSA) is 26.3 Å². The average Bonchev–Trinajstić information content (AvgIpc) is 2.25. The van der Waals surface area contributed by atoms with E-state index in [2.05, 4.69) is 22.5 Å². The number of hydrogen-bond acceptors (Lipinski definition) is 2. The zero-order valence-electron chi connectivity index (χ0n) is 8.63. The monoisotopic (exact) mass is 268 g/mol. The van der Waals surface area contributed by atoms with E-state index in [1.54, 1.807) is 31.4 Å². The van der Waals surface area contributed by atoms with E-state index < -0.39 is 0 Å². The molecule has 0 atom stereocenters. The van der Waals surface area contributed by atoms with Gasteiger partial charge in [0.15, 0.2) is 5.78 Å². The van der Waals surface area contributed by atoms with Crippen molar-refractivity contribution in [2.45, 2.75) is 12.8 Å². The van der Waals surface area contributed by atoms with Crippen LogP contribution in [0.2, 0.25) is 0 Å². The number of Topliss-reactive ketones (excluding diaryl/α,β-unsaturated/α-hetero) is 1. The molecule has 0 heterocycles. The van der Waals surface area contributed by atoms with E-state index in [-0.39, 0.29) is 5.78 Å². The second-order valence-corrected chi connectivity index (χ2v) is 3.95. The summed E-state index contributed by atoms with van der Waals surface area (Å²) in [6.45, 7) is 3.59. The standard InChI is InChI=1S/C12H13BrO2/c1-3-4-5-11(14)9-6-7-12(15-2)10(13)8-9/h3,6-8H,1,4-5H2,2H3. The molecule has 0 radical (unpaired) electrons. The minimum Gasteiger partial charge on any atom is -0.496 e. The van der Waals surface area contributed by atoms with Crippen LogP contribution in [0.15, 0.2) is 35.3 Å². The fraction of sp³-hybridized carbons (Fsp3) is 0.250. The second kappa shape index (κ2) is 5.71. The molecule has 0 amide bonds. The number of benzene rings is 1. The van der Waals surface area contributed by atoms with Crippen molar-refractivity contribution >= 4 is 21.7 Å². The van der Waals surface area contributed by atoms with E-state index in [0.717, 1.165) is 10.2 Å². The number of ether oxygens (including phenoxy) is 1. The lowest BCUT2D eigenvalue weighted by atomic mass is 10.1. The Kier molecular flexibility index (Phi) is 4.56. The van der Waals surface area contributed by atoms with Gasteiger partial charge in [0.25, 0.3) is 0 Å². The van der Waals surface area contributed by atoms with Crippen molar-refractivity contribution in [2.75, 3.05) is 7.11 Å². The first-order chi connectivity index (χ1) is 7.19. The summed E-state index contributed by atoms with van der Waals surface area (Å²) in [4.78, 5) is 11.6. The van der Waals surface area contributed by atoms with E-state index in [9.17, 15) is 4.79 Å². The maximum Gasteiger partial charge on any atom is 0.163 e. The molecule has 0 fully saturated rings. The predicted molar refractivity (Wildman–Crippen MR) is 64.5 cm³/mol. The van der Waals surface area contributed by atoms with Crippen molar-refractivity contribution in [1.29, 1.82) is 0 Å². The number of methoxy groups -OCH3 is 1. The molecule has 0 aliphatic carbocycles. The van der Waals surface area contributed by atoms with Crippen molar-refractivity contribution < 1.29 is 9.53 Å². The van der Waals surface area contributed by atoms with Crippen LogP contribution < -0.4 is 4.74 Å². The first kappa shape index (κ1) is 12.0. The summed E-state index contributed by atoms with van der Waals surface area (Å²) in [7, 11) is 1.60. The lowest BCUT2D eigenvalue weighted by molar-refractivity contribution is 0.0983. The molecule has 1 aromatic carbocycles. The number of ketones is 1. The maximum absolute atomic E-state index is 11.6. The van der Waals surface area contributed by atoms with E-state index in [0.29, 0.717) is 18.4 Å². The first-order valence-electron chi connectivity index (χ1n) is 4.66. The molecule has 1 rings (SSSR count). The zero-order valence-corrected chi connectivity index (χ0v) is 10.2. The van der Waals surface area contributed by atoms with Gasteiger partial charge in [0, 0.05) is 12.0 Å². The van der Waals surface area contributed by atoms with Crippen LogP contribution in [-0.4, -0.2) is 12.9 Å². The molecule has 3 heteroatoms. The number of carbonyl (C=O) groups excluding carboxylic acids is 1. The van der Waals surface area contributed by atoms with Gasteiger partial charge in [-0.3, -0.25) is 4.79 Å². The largest absolute Gasteiger partial charge is 0.496 e. The third-order valence-corrected chi connectivity index (χ3v) is 2.67. The van der Waals surface area contributed by atoms with Crippen molar-refractivity contribution in [3.05, 3.63) is 40.9 Å². The molecule has 0 aliphatic rings. The lowest BCUT2D eigenvalue weighted by Gasteiger charge is -2.05. The molecule has 0 saturated carbocycles. The second-order valence-electron chi connectivity index (χ2n) is 3.10. The van der Waals surface area contributed by atoms with Gasteiger partial charge in [-0.2, -0.15) is 0 Å². The van der Waals surface area contributed by atoms with Gasteiger partial charge in [0.2, 0.25) is 0 Å². The first-order valence-corrected chi connectivity index (χ1v) is 5.46. The number of allylic oxidation sites excluding steroid dienone is 1. The lowest BCUT2D eigenvalue weighted by Crippen LogP contribution is -1.98. The summed E-state index contributed by atoms with van der Waals surface area (Å²) in [5, 5.41) is 0. The van der Waals surface area contributed by atoms with Gasteiger partial charge < -0.3 is 4.74 Å². The van der Waals surface area contributed by atoms with Crippen molar-refractivity contribution in [3.8, 4) is 5.75 Å². The molecule has 1 aromatic rings. The van der Waals surface area contributed by atoms with E-state index in [4.69, 9.17) is 4.74 Å². The minimum absolute atomic E-state index is 0.123. The van der Waals surface area contributed by atoms with Crippen molar-refractivity contribution in [2.24, 2.45) is 0 Å². The highest BCUT2D eigenvalue weighted by atomic mass is 79.9. The average molecular weight is 269 g/mol. The summed E-state index contributed by atoms with van der Waals surface area (Å²) in [5.74, 6) is 0.855. The van der Waals surface area contributed by atoms with Crippen LogP contribution in [-0.2, 0) is 0 Å². The maximum atomic E-state index is 11.6. The van der Waals surface area contributed by atoms with Crippen molar-refractivity contribution in [1.82, 2.24) is 0 Å². The molecule has 0 aromatic heterocycles. The summed E-state index contributed by atoms with van der Waals surface area (Å²) in [6, 6.07) is 5.34. The van der Waals surface area contributed by atoms with Crippen LogP contribution in [0.4, 0.5) is 0 Å². The molecule has 0 N–H and O–H groups in total. The smallest absolute Gasteiger partial charge is 0.163 e. The van der Waals surface area contributed by atoms with Gasteiger partial charge in [0.1, 0.15) is 5.75 Å². The van der Waals surface area contributed by atoms with Gasteiger partial charge in [0.05, 0.1) is 11.6 Å². The summed E-state index contributed by atoms with van der Waals surface area (Å²) in [6.07, 6.45) is 2.96. The molecular formula is C12H13BrO2. The fourth-order valence-corrected chi connectivity index (χ4v) is 1.76. The Balaban J connectivity index is 2.82. The highest BCUT2D eigenvalue weighted by Crippen LogP contribution is 2.26. The number of halogens is 1. The molecule has 0 saturated heterocycles. The Hall–Kier alpha value is -1.09. The van der Waals surface area contributed by atoms with Crippen LogP contribution in [0, 0.1) is 0 Å². The van der Waals surface area contributed by atoms with Gasteiger partial charge in [-0.15, -0.1) is 6.58 Å². The SMILES string of the molecule is C=CCCC(=O)c1ccc(OC)c(Br)c1. The Morgan fingerprint density at radius 1 is 1.60 bits per heavy atom. The fourth-order valence-electron chi connectivity index (χ4n) is 1.22. The van der Waals surface area contributed by atoms with Gasteiger partial charge in [-0.1, -0.05) is 6.08 Å². The van der Waals surface area contributed by atoms with E-state index in [1.807, 2.05) is 0 Å². The molecule has 0 bridgehead atoms. The summed E-state index contributed by atoms with van der Waals surface area (Å²) >= 11 is 3.35. The van der Waals surface area contributed by atoms with Crippen LogP contribution >= 0.6 is 15.9 Å². The molecule has 0 unspecified atom stereocenters. The van der Waals surface area contributed by atoms with Crippen LogP contribution in [0.25, 0.3) is 0 Å². The van der Waals surface area contributed by atoms with Gasteiger partial charge in [-0.25, -0.2) is 0 Å². The number of hydrogen-bond donors (Lipinski definition) is 0. The normalized spacial score (nSPS) is 9.73. The number of rotatable bonds is 5. The van der Waals surface area contributed by atoms with Crippen molar-refractivity contribution in [3.63, 3.8) is 0 Å². The molecular weight excluding hydrogens is 256 g/mol. The summed E-state index contributed by atoms with van der Waals surface area (Å²) in [5.41, 5.74) is 0.699. The molecule has 0 spiro atoms. The highest BCUT2D eigenvalue weighted by molar-refractivity contribution is 9.10. The van der Waals surface area contributed by atoms with Gasteiger partial charge >= 0.3 is 0 Å². The Labute approximate surface area is 98.1 Å². The molecule has 2 nitrogen and oxygen atoms in total. The third-order valence-electron chi connectivity index (χ3n) is 2.05. The Bertz CT molecular complexity index is 372. The van der Waals surface area contributed by atoms with Crippen LogP contribution in [0.5, 0.6) is 5.75 Å². The quantitative estimate of drug-likeness (QED) is 0.603. The summed E-state index contributed by atoms with van der Waals surface area (Å²) < 4.78 is 5.89. The van der Waals surface area contributed by atoms with Crippen LogP contribution in [0.1, 0.15) is 23.2 Å².